The highest BCUT2D eigenvalue weighted by Gasteiger charge is 2.24. The van der Waals surface area contributed by atoms with Crippen molar-refractivity contribution >= 4 is 0 Å². The van der Waals surface area contributed by atoms with Crippen LogP contribution in [0, 0.1) is 6.92 Å². The van der Waals surface area contributed by atoms with Gasteiger partial charge in [-0.3, -0.25) is 4.90 Å². The summed E-state index contributed by atoms with van der Waals surface area (Å²) in [6, 6.07) is 7.94. The van der Waals surface area contributed by atoms with E-state index in [-0.39, 0.29) is 0 Å². The Balaban J connectivity index is 1.44. The predicted octanol–water partition coefficient (Wildman–Crippen LogP) is 2.00. The van der Waals surface area contributed by atoms with Crippen molar-refractivity contribution in [2.45, 2.75) is 46.0 Å². The zero-order chi connectivity index (χ0) is 17.9. The summed E-state index contributed by atoms with van der Waals surface area (Å²) in [5.74, 6) is 3.26. The van der Waals surface area contributed by atoms with Gasteiger partial charge in [0.15, 0.2) is 5.82 Å². The number of fused-ring (bicyclic) bond motifs is 1. The van der Waals surface area contributed by atoms with Gasteiger partial charge in [-0.05, 0) is 19.9 Å². The van der Waals surface area contributed by atoms with Gasteiger partial charge in [0.05, 0.1) is 5.69 Å². The lowest BCUT2D eigenvalue weighted by atomic mass is 10.2. The highest BCUT2D eigenvalue weighted by Crippen LogP contribution is 2.18. The molecule has 0 unspecified atom stereocenters. The smallest absolute Gasteiger partial charge is 0.213 e. The topological polar surface area (TPSA) is 82.1 Å². The third-order valence-electron chi connectivity index (χ3n) is 4.64. The summed E-state index contributed by atoms with van der Waals surface area (Å²) in [7, 11) is 0. The minimum Gasteiger partial charge on any atom is -0.469 e. The Bertz CT molecular complexity index is 860. The van der Waals surface area contributed by atoms with Crippen LogP contribution in [-0.4, -0.2) is 42.4 Å². The summed E-state index contributed by atoms with van der Waals surface area (Å²) in [5.41, 5.74) is 0.964. The van der Waals surface area contributed by atoms with Crippen LogP contribution in [0.25, 0.3) is 0 Å². The first kappa shape index (κ1) is 16.7. The standard InChI is InChI=1S/C18H22N6O2/c1-13-9-16-20-21-17(12-25-18-5-3-4-6-19-18)24(16)8-7-23(13)11-15-10-14(2)26-22-15/h3-6,10,13H,7-9,11-12H2,1-2H3/t13-/m1/s1. The molecule has 0 aliphatic carbocycles. The highest BCUT2D eigenvalue weighted by atomic mass is 16.5. The molecule has 0 saturated heterocycles. The number of pyridine rings is 1. The van der Waals surface area contributed by atoms with Crippen LogP contribution in [-0.2, 0) is 26.1 Å². The van der Waals surface area contributed by atoms with Gasteiger partial charge in [-0.25, -0.2) is 4.98 Å². The molecule has 4 rings (SSSR count). The lowest BCUT2D eigenvalue weighted by Crippen LogP contribution is -2.34. The molecule has 1 atom stereocenters. The van der Waals surface area contributed by atoms with E-state index >= 15 is 0 Å². The Hall–Kier alpha value is -2.74. The van der Waals surface area contributed by atoms with E-state index in [2.05, 4.69) is 36.7 Å². The lowest BCUT2D eigenvalue weighted by molar-refractivity contribution is 0.195. The predicted molar refractivity (Wildman–Crippen MR) is 93.4 cm³/mol. The normalized spacial score (nSPS) is 17.7. The van der Waals surface area contributed by atoms with Crippen LogP contribution in [0.4, 0.5) is 0 Å². The molecular formula is C18H22N6O2. The molecule has 0 amide bonds. The second-order valence-corrected chi connectivity index (χ2v) is 6.59. The van der Waals surface area contributed by atoms with Crippen LogP contribution >= 0.6 is 0 Å². The van der Waals surface area contributed by atoms with Gasteiger partial charge in [0.25, 0.3) is 0 Å². The Kier molecular flexibility index (Phi) is 4.66. The Morgan fingerprint density at radius 3 is 2.96 bits per heavy atom. The van der Waals surface area contributed by atoms with Gasteiger partial charge in [-0.15, -0.1) is 10.2 Å². The third kappa shape index (κ3) is 3.60. The fourth-order valence-corrected chi connectivity index (χ4v) is 3.24. The number of hydrogen-bond donors (Lipinski definition) is 0. The van der Waals surface area contributed by atoms with Crippen LogP contribution in [0.2, 0.25) is 0 Å². The van der Waals surface area contributed by atoms with Crippen molar-refractivity contribution in [3.63, 3.8) is 0 Å². The Morgan fingerprint density at radius 2 is 2.19 bits per heavy atom. The van der Waals surface area contributed by atoms with Crippen LogP contribution in [0.3, 0.4) is 0 Å². The largest absolute Gasteiger partial charge is 0.469 e. The second-order valence-electron chi connectivity index (χ2n) is 6.59. The average molecular weight is 354 g/mol. The summed E-state index contributed by atoms with van der Waals surface area (Å²) in [4.78, 5) is 6.58. The molecule has 3 aromatic rings. The molecule has 8 nitrogen and oxygen atoms in total. The zero-order valence-electron chi connectivity index (χ0n) is 15.0. The molecule has 136 valence electrons. The Labute approximate surface area is 151 Å². The fourth-order valence-electron chi connectivity index (χ4n) is 3.24. The average Bonchev–Trinajstić information content (AvgIpc) is 3.19. The number of nitrogens with zero attached hydrogens (tertiary/aromatic N) is 6. The first-order valence-electron chi connectivity index (χ1n) is 8.80. The van der Waals surface area contributed by atoms with Gasteiger partial charge in [-0.1, -0.05) is 11.2 Å². The van der Waals surface area contributed by atoms with E-state index in [0.717, 1.165) is 49.2 Å². The molecule has 0 radical (unpaired) electrons. The molecule has 4 heterocycles. The van der Waals surface area contributed by atoms with E-state index in [1.54, 1.807) is 6.20 Å². The van der Waals surface area contributed by atoms with Crippen LogP contribution in [0.1, 0.15) is 30.0 Å². The fraction of sp³-hybridized carbons (Fsp3) is 0.444. The van der Waals surface area contributed by atoms with Gasteiger partial charge in [-0.2, -0.15) is 0 Å². The van der Waals surface area contributed by atoms with E-state index in [9.17, 15) is 0 Å². The number of ether oxygens (including phenoxy) is 1. The molecule has 1 aliphatic rings. The molecule has 0 N–H and O–H groups in total. The van der Waals surface area contributed by atoms with E-state index in [0.29, 0.717) is 18.5 Å². The minimum absolute atomic E-state index is 0.349. The first-order valence-corrected chi connectivity index (χ1v) is 8.80. The molecule has 0 saturated carbocycles. The minimum atomic E-state index is 0.349. The van der Waals surface area contributed by atoms with Crippen molar-refractivity contribution in [1.82, 2.24) is 29.8 Å². The molecule has 0 bridgehead atoms. The summed E-state index contributed by atoms with van der Waals surface area (Å²) >= 11 is 0. The summed E-state index contributed by atoms with van der Waals surface area (Å²) < 4.78 is 13.1. The van der Waals surface area contributed by atoms with Crippen molar-refractivity contribution in [3.8, 4) is 5.88 Å². The van der Waals surface area contributed by atoms with Crippen molar-refractivity contribution in [2.24, 2.45) is 0 Å². The first-order chi connectivity index (χ1) is 12.7. The van der Waals surface area contributed by atoms with Gasteiger partial charge < -0.3 is 13.8 Å². The number of aryl methyl sites for hydroxylation is 1. The molecule has 1 aliphatic heterocycles. The SMILES string of the molecule is Cc1cc(CN2CCn3c(COc4ccccn4)nnc3C[C@H]2C)no1. The van der Waals surface area contributed by atoms with Gasteiger partial charge in [0.1, 0.15) is 18.2 Å². The summed E-state index contributed by atoms with van der Waals surface area (Å²) in [6.07, 6.45) is 2.55. The molecule has 0 fully saturated rings. The van der Waals surface area contributed by atoms with Crippen molar-refractivity contribution in [2.75, 3.05) is 6.54 Å². The summed E-state index contributed by atoms with van der Waals surface area (Å²) in [5, 5.41) is 12.8. The van der Waals surface area contributed by atoms with E-state index in [4.69, 9.17) is 9.26 Å². The second kappa shape index (κ2) is 7.25. The van der Waals surface area contributed by atoms with Gasteiger partial charge in [0, 0.05) is 50.4 Å². The van der Waals surface area contributed by atoms with Crippen molar-refractivity contribution in [1.29, 1.82) is 0 Å². The monoisotopic (exact) mass is 354 g/mol. The van der Waals surface area contributed by atoms with Gasteiger partial charge in [0.2, 0.25) is 5.88 Å². The number of hydrogen-bond acceptors (Lipinski definition) is 7. The molecule has 0 spiro atoms. The molecule has 26 heavy (non-hydrogen) atoms. The lowest BCUT2D eigenvalue weighted by Gasteiger charge is -2.25. The highest BCUT2D eigenvalue weighted by molar-refractivity contribution is 5.10. The molecule has 8 heteroatoms. The molecular weight excluding hydrogens is 332 g/mol. The maximum atomic E-state index is 5.74. The maximum Gasteiger partial charge on any atom is 0.213 e. The van der Waals surface area contributed by atoms with E-state index in [1.807, 2.05) is 31.2 Å². The van der Waals surface area contributed by atoms with Gasteiger partial charge >= 0.3 is 0 Å². The van der Waals surface area contributed by atoms with Crippen LogP contribution in [0.5, 0.6) is 5.88 Å². The zero-order valence-corrected chi connectivity index (χ0v) is 15.0. The van der Waals surface area contributed by atoms with E-state index in [1.165, 1.54) is 0 Å². The Morgan fingerprint density at radius 1 is 1.27 bits per heavy atom. The van der Waals surface area contributed by atoms with Crippen LogP contribution in [0.15, 0.2) is 35.0 Å². The number of aromatic nitrogens is 5. The van der Waals surface area contributed by atoms with E-state index < -0.39 is 0 Å². The maximum absolute atomic E-state index is 5.74. The molecule has 3 aromatic heterocycles. The summed E-state index contributed by atoms with van der Waals surface area (Å²) in [6.45, 7) is 6.98. The van der Waals surface area contributed by atoms with Crippen molar-refractivity contribution < 1.29 is 9.26 Å². The molecule has 0 aromatic carbocycles. The van der Waals surface area contributed by atoms with Crippen molar-refractivity contribution in [3.05, 3.63) is 53.6 Å². The third-order valence-corrected chi connectivity index (χ3v) is 4.64. The number of rotatable bonds is 5. The van der Waals surface area contributed by atoms with Crippen LogP contribution < -0.4 is 4.74 Å². The quantitative estimate of drug-likeness (QED) is 0.693.